The van der Waals surface area contributed by atoms with E-state index >= 15 is 0 Å². The summed E-state index contributed by atoms with van der Waals surface area (Å²) in [6.45, 7) is 11.9. The zero-order valence-electron chi connectivity index (χ0n) is 12.7. The molecule has 0 spiro atoms. The molecule has 1 N–H and O–H groups in total. The number of halogens is 3. The van der Waals surface area contributed by atoms with Crippen LogP contribution in [-0.2, 0) is 9.47 Å². The maximum absolute atomic E-state index is 11.2. The molecule has 0 aromatic heterocycles. The van der Waals surface area contributed by atoms with Crippen LogP contribution in [0.5, 0.6) is 0 Å². The van der Waals surface area contributed by atoms with Crippen LogP contribution >= 0.6 is 0 Å². The Morgan fingerprint density at radius 2 is 1.37 bits per heavy atom. The molecule has 0 bridgehead atoms. The maximum Gasteiger partial charge on any atom is 0.522 e. The lowest BCUT2D eigenvalue weighted by molar-refractivity contribution is -0.327. The van der Waals surface area contributed by atoms with Crippen LogP contribution in [0.4, 0.5) is 13.2 Å². The third-order valence-corrected chi connectivity index (χ3v) is 1.49. The summed E-state index contributed by atoms with van der Waals surface area (Å²) in [6.07, 6.45) is -4.47. The molecule has 0 saturated heterocycles. The van der Waals surface area contributed by atoms with Crippen molar-refractivity contribution in [3.63, 3.8) is 0 Å². The molecular weight excluding hydrogens is 261 g/mol. The van der Waals surface area contributed by atoms with Crippen LogP contribution < -0.4 is 0 Å². The van der Waals surface area contributed by atoms with E-state index in [-0.39, 0.29) is 12.5 Å². The monoisotopic (exact) mass is 288 g/mol. The molecule has 118 valence electrons. The molecule has 19 heavy (non-hydrogen) atoms. The first-order chi connectivity index (χ1) is 8.33. The van der Waals surface area contributed by atoms with Crippen molar-refractivity contribution in [2.75, 3.05) is 19.8 Å². The summed E-state index contributed by atoms with van der Waals surface area (Å²) < 4.78 is 42.3. The predicted octanol–water partition coefficient (Wildman–Crippen LogP) is 3.61. The minimum atomic E-state index is -4.47. The van der Waals surface area contributed by atoms with Crippen molar-refractivity contribution in [1.82, 2.24) is 0 Å². The van der Waals surface area contributed by atoms with Crippen LogP contribution in [0.1, 0.15) is 41.5 Å². The highest BCUT2D eigenvalue weighted by Gasteiger charge is 2.28. The van der Waals surface area contributed by atoms with Gasteiger partial charge in [0, 0.05) is 6.61 Å². The van der Waals surface area contributed by atoms with Gasteiger partial charge in [0.2, 0.25) is 0 Å². The van der Waals surface area contributed by atoms with Crippen LogP contribution in [0.2, 0.25) is 0 Å². The molecule has 0 radical (unpaired) electrons. The van der Waals surface area contributed by atoms with Crippen molar-refractivity contribution >= 4 is 0 Å². The van der Waals surface area contributed by atoms with E-state index in [4.69, 9.17) is 4.74 Å². The fraction of sp³-hybridized carbons (Fsp3) is 1.00. The third kappa shape index (κ3) is 27.0. The van der Waals surface area contributed by atoms with Crippen molar-refractivity contribution in [1.29, 1.82) is 0 Å². The highest BCUT2D eigenvalue weighted by atomic mass is 19.4. The summed E-state index contributed by atoms with van der Waals surface area (Å²) in [4.78, 5) is 0. The molecule has 0 amide bonds. The number of ether oxygens (including phenoxy) is 2. The van der Waals surface area contributed by atoms with Crippen molar-refractivity contribution < 1.29 is 27.8 Å². The van der Waals surface area contributed by atoms with Crippen molar-refractivity contribution in [2.45, 2.75) is 53.5 Å². The largest absolute Gasteiger partial charge is 0.522 e. The van der Waals surface area contributed by atoms with Gasteiger partial charge in [-0.25, -0.2) is 0 Å². The number of hydrogen-bond acceptors (Lipinski definition) is 3. The van der Waals surface area contributed by atoms with Gasteiger partial charge < -0.3 is 9.84 Å². The number of alkyl halides is 3. The average Bonchev–Trinajstić information content (AvgIpc) is 2.12. The maximum atomic E-state index is 11.2. The first kappa shape index (κ1) is 21.0. The highest BCUT2D eigenvalue weighted by Crippen LogP contribution is 2.16. The molecule has 0 aromatic rings. The third-order valence-electron chi connectivity index (χ3n) is 1.49. The lowest BCUT2D eigenvalue weighted by Gasteiger charge is -2.17. The van der Waals surface area contributed by atoms with E-state index in [0.717, 1.165) is 6.61 Å². The van der Waals surface area contributed by atoms with Gasteiger partial charge in [0.15, 0.2) is 0 Å². The molecule has 0 saturated carbocycles. The minimum Gasteiger partial charge on any atom is -0.388 e. The first-order valence-corrected chi connectivity index (χ1v) is 6.34. The second-order valence-electron chi connectivity index (χ2n) is 5.87. The van der Waals surface area contributed by atoms with Gasteiger partial charge in [-0.15, -0.1) is 13.2 Å². The van der Waals surface area contributed by atoms with Gasteiger partial charge in [0.1, 0.15) is 0 Å². The molecule has 0 aliphatic carbocycles. The molecule has 0 aromatic carbocycles. The highest BCUT2D eigenvalue weighted by molar-refractivity contribution is 4.62. The Hall–Kier alpha value is -0.330. The van der Waals surface area contributed by atoms with Gasteiger partial charge in [-0.3, -0.25) is 4.74 Å². The number of aliphatic hydroxyl groups is 1. The molecule has 0 heterocycles. The zero-order valence-corrected chi connectivity index (χ0v) is 12.7. The van der Waals surface area contributed by atoms with Gasteiger partial charge in [-0.2, -0.15) is 0 Å². The van der Waals surface area contributed by atoms with E-state index in [9.17, 15) is 18.3 Å². The molecular formula is C13H27F3O3. The second-order valence-corrected chi connectivity index (χ2v) is 5.87. The topological polar surface area (TPSA) is 38.7 Å². The van der Waals surface area contributed by atoms with Gasteiger partial charge in [-0.1, -0.05) is 27.7 Å². The average molecular weight is 288 g/mol. The molecule has 0 aliphatic rings. The summed E-state index contributed by atoms with van der Waals surface area (Å²) in [7, 11) is 0. The molecule has 0 atom stereocenters. The summed E-state index contributed by atoms with van der Waals surface area (Å²) in [5.41, 5.74) is -0.686. The number of rotatable bonds is 6. The van der Waals surface area contributed by atoms with E-state index < -0.39 is 12.0 Å². The van der Waals surface area contributed by atoms with Gasteiger partial charge in [0.05, 0.1) is 18.8 Å². The molecule has 0 aliphatic heterocycles. The Kier molecular flexibility index (Phi) is 10.5. The van der Waals surface area contributed by atoms with Crippen molar-refractivity contribution in [2.24, 2.45) is 11.8 Å². The Morgan fingerprint density at radius 1 is 0.947 bits per heavy atom. The Balaban J connectivity index is 0. The summed E-state index contributed by atoms with van der Waals surface area (Å²) >= 11 is 0. The van der Waals surface area contributed by atoms with Crippen molar-refractivity contribution in [3.05, 3.63) is 0 Å². The fourth-order valence-corrected chi connectivity index (χ4v) is 0.806. The standard InChI is InChI=1S/C8H18O2.C5H9F3O/c1-7(2)5-10-6-8(3,4)9;1-4(2)3-9-5(6,7)8/h7,9H,5-6H2,1-4H3;4H,3H2,1-2H3. The Labute approximate surface area is 114 Å². The molecule has 0 rings (SSSR count). The first-order valence-electron chi connectivity index (χ1n) is 6.34. The lowest BCUT2D eigenvalue weighted by Crippen LogP contribution is -2.26. The van der Waals surface area contributed by atoms with Crippen LogP contribution in [-0.4, -0.2) is 36.9 Å². The van der Waals surface area contributed by atoms with Gasteiger partial charge in [-0.05, 0) is 25.7 Å². The van der Waals surface area contributed by atoms with Crippen LogP contribution in [0, 0.1) is 11.8 Å². The zero-order chi connectivity index (χ0) is 15.7. The van der Waals surface area contributed by atoms with E-state index in [1.165, 1.54) is 0 Å². The van der Waals surface area contributed by atoms with E-state index in [1.807, 2.05) is 0 Å². The minimum absolute atomic E-state index is 0.0772. The van der Waals surface area contributed by atoms with Crippen LogP contribution in [0.3, 0.4) is 0 Å². The summed E-state index contributed by atoms with van der Waals surface area (Å²) in [5.74, 6) is 0.467. The van der Waals surface area contributed by atoms with E-state index in [2.05, 4.69) is 18.6 Å². The quantitative estimate of drug-likeness (QED) is 0.811. The van der Waals surface area contributed by atoms with Gasteiger partial charge >= 0.3 is 6.36 Å². The lowest BCUT2D eigenvalue weighted by atomic mass is 10.2. The van der Waals surface area contributed by atoms with Crippen molar-refractivity contribution in [3.8, 4) is 0 Å². The number of hydrogen-bond donors (Lipinski definition) is 1. The predicted molar refractivity (Wildman–Crippen MR) is 68.8 cm³/mol. The molecule has 3 nitrogen and oxygen atoms in total. The normalized spacial score (nSPS) is 12.6. The Morgan fingerprint density at radius 3 is 1.58 bits per heavy atom. The van der Waals surface area contributed by atoms with E-state index in [0.29, 0.717) is 12.5 Å². The van der Waals surface area contributed by atoms with Crippen LogP contribution in [0.15, 0.2) is 0 Å². The molecule has 0 fully saturated rings. The van der Waals surface area contributed by atoms with Crippen LogP contribution in [0.25, 0.3) is 0 Å². The molecule has 0 unspecified atom stereocenters. The van der Waals surface area contributed by atoms with Gasteiger partial charge in [0.25, 0.3) is 0 Å². The fourth-order valence-electron chi connectivity index (χ4n) is 0.806. The smallest absolute Gasteiger partial charge is 0.388 e. The SMILES string of the molecule is CC(C)COC(F)(F)F.CC(C)COCC(C)(C)O. The Bertz CT molecular complexity index is 208. The van der Waals surface area contributed by atoms with E-state index in [1.54, 1.807) is 27.7 Å². The molecule has 6 heteroatoms. The summed E-state index contributed by atoms with van der Waals surface area (Å²) in [6, 6.07) is 0. The summed E-state index contributed by atoms with van der Waals surface area (Å²) in [5, 5.41) is 9.21. The second kappa shape index (κ2) is 9.55.